The van der Waals surface area contributed by atoms with Crippen LogP contribution in [0.15, 0.2) is 37.0 Å². The summed E-state index contributed by atoms with van der Waals surface area (Å²) in [7, 11) is 0. The highest BCUT2D eigenvalue weighted by atomic mass is 14.4. The minimum atomic E-state index is 0.783. The van der Waals surface area contributed by atoms with E-state index in [-0.39, 0.29) is 0 Å². The number of hydrogen-bond acceptors (Lipinski definition) is 0. The van der Waals surface area contributed by atoms with E-state index < -0.39 is 0 Å². The highest BCUT2D eigenvalue weighted by molar-refractivity contribution is 5.10. The van der Waals surface area contributed by atoms with Crippen LogP contribution in [0.3, 0.4) is 0 Å². The maximum atomic E-state index is 4.69. The van der Waals surface area contributed by atoms with Crippen LogP contribution in [0.1, 0.15) is 103 Å². The molecule has 2 unspecified atom stereocenters. The summed E-state index contributed by atoms with van der Waals surface area (Å²) in [5.74, 6) is 5.19. The van der Waals surface area contributed by atoms with Gasteiger partial charge < -0.3 is 0 Å². The van der Waals surface area contributed by atoms with Crippen molar-refractivity contribution in [2.45, 2.75) is 103 Å². The molecule has 0 amide bonds. The van der Waals surface area contributed by atoms with E-state index in [0.717, 1.165) is 35.5 Å². The van der Waals surface area contributed by atoms with Gasteiger partial charge in [0, 0.05) is 0 Å². The maximum Gasteiger partial charge on any atom is -0.0175 e. The van der Waals surface area contributed by atoms with Gasteiger partial charge >= 0.3 is 0 Å². The van der Waals surface area contributed by atoms with Crippen molar-refractivity contribution in [3.05, 3.63) is 37.0 Å². The molecule has 0 aromatic heterocycles. The van der Waals surface area contributed by atoms with E-state index in [1.807, 2.05) is 0 Å². The lowest BCUT2D eigenvalue weighted by molar-refractivity contribution is 0.217. The first-order valence-corrected chi connectivity index (χ1v) is 12.7. The van der Waals surface area contributed by atoms with Crippen molar-refractivity contribution in [2.24, 2.45) is 35.5 Å². The molecule has 0 aliphatic heterocycles. The summed E-state index contributed by atoms with van der Waals surface area (Å²) in [4.78, 5) is 0. The minimum Gasteiger partial charge on any atom is -0.103 e. The van der Waals surface area contributed by atoms with Crippen molar-refractivity contribution >= 4 is 0 Å². The Morgan fingerprint density at radius 3 is 2.21 bits per heavy atom. The molecule has 0 radical (unpaired) electrons. The molecular formula is C28H46. The lowest BCUT2D eigenvalue weighted by Crippen LogP contribution is -2.26. The molecule has 28 heavy (non-hydrogen) atoms. The van der Waals surface area contributed by atoms with Crippen molar-refractivity contribution < 1.29 is 0 Å². The second kappa shape index (κ2) is 11.4. The van der Waals surface area contributed by atoms with Gasteiger partial charge in [-0.1, -0.05) is 56.6 Å². The average Bonchev–Trinajstić information content (AvgIpc) is 2.77. The molecule has 0 aromatic carbocycles. The Kier molecular flexibility index (Phi) is 8.94. The second-order valence-corrected chi connectivity index (χ2v) is 10.3. The van der Waals surface area contributed by atoms with Crippen molar-refractivity contribution in [1.29, 1.82) is 0 Å². The quantitative estimate of drug-likeness (QED) is 0.368. The molecule has 0 bridgehead atoms. The molecule has 3 aliphatic rings. The zero-order valence-electron chi connectivity index (χ0n) is 18.7. The van der Waals surface area contributed by atoms with Gasteiger partial charge in [0.2, 0.25) is 0 Å². The van der Waals surface area contributed by atoms with Gasteiger partial charge in [0.1, 0.15) is 0 Å². The van der Waals surface area contributed by atoms with Gasteiger partial charge in [0.25, 0.3) is 0 Å². The molecule has 0 aromatic rings. The van der Waals surface area contributed by atoms with Crippen molar-refractivity contribution in [3.63, 3.8) is 0 Å². The standard InChI is InChI=1S/C28H46/c1-4-23-14-16-25(17-15-23)10-6-7-11-27-12-8-9-13-28(27)22(3)26-20-18-24(5-2)19-21-26/h4,6,10,23-28H,1,3,5,7-9,11-21H2,2H3/b10-6+. The highest BCUT2D eigenvalue weighted by Gasteiger charge is 2.31. The Labute approximate surface area is 176 Å². The van der Waals surface area contributed by atoms with E-state index in [1.165, 1.54) is 96.3 Å². The van der Waals surface area contributed by atoms with E-state index in [1.54, 1.807) is 5.57 Å². The van der Waals surface area contributed by atoms with Gasteiger partial charge in [-0.3, -0.25) is 0 Å². The Morgan fingerprint density at radius 2 is 1.54 bits per heavy atom. The molecule has 0 heterocycles. The highest BCUT2D eigenvalue weighted by Crippen LogP contribution is 2.44. The third-order valence-electron chi connectivity index (χ3n) is 8.60. The number of rotatable bonds is 8. The molecular weight excluding hydrogens is 336 g/mol. The molecule has 0 heteroatoms. The molecule has 3 rings (SSSR count). The summed E-state index contributed by atoms with van der Waals surface area (Å²) in [5.41, 5.74) is 1.66. The summed E-state index contributed by atoms with van der Waals surface area (Å²) in [6.45, 7) is 11.0. The molecule has 3 fully saturated rings. The number of hydrogen-bond donors (Lipinski definition) is 0. The summed E-state index contributed by atoms with van der Waals surface area (Å²) < 4.78 is 0. The monoisotopic (exact) mass is 382 g/mol. The van der Waals surface area contributed by atoms with Gasteiger partial charge in [-0.15, -0.1) is 6.58 Å². The van der Waals surface area contributed by atoms with Crippen LogP contribution >= 0.6 is 0 Å². The van der Waals surface area contributed by atoms with Crippen LogP contribution in [0.5, 0.6) is 0 Å². The van der Waals surface area contributed by atoms with Gasteiger partial charge in [-0.05, 0) is 113 Å². The summed E-state index contributed by atoms with van der Waals surface area (Å²) >= 11 is 0. The Balaban J connectivity index is 1.43. The van der Waals surface area contributed by atoms with E-state index >= 15 is 0 Å². The fourth-order valence-electron chi connectivity index (χ4n) is 6.46. The lowest BCUT2D eigenvalue weighted by Gasteiger charge is -2.38. The molecule has 3 saturated carbocycles. The topological polar surface area (TPSA) is 0 Å². The van der Waals surface area contributed by atoms with Crippen LogP contribution < -0.4 is 0 Å². The van der Waals surface area contributed by atoms with Crippen LogP contribution in [0.25, 0.3) is 0 Å². The van der Waals surface area contributed by atoms with Gasteiger partial charge in [-0.25, -0.2) is 0 Å². The van der Waals surface area contributed by atoms with E-state index in [4.69, 9.17) is 6.58 Å². The first kappa shape index (κ1) is 21.9. The molecule has 0 nitrogen and oxygen atoms in total. The Morgan fingerprint density at radius 1 is 0.857 bits per heavy atom. The lowest BCUT2D eigenvalue weighted by atomic mass is 9.67. The van der Waals surface area contributed by atoms with Gasteiger partial charge in [-0.2, -0.15) is 0 Å². The second-order valence-electron chi connectivity index (χ2n) is 10.3. The van der Waals surface area contributed by atoms with Crippen LogP contribution in [0.2, 0.25) is 0 Å². The zero-order valence-corrected chi connectivity index (χ0v) is 18.7. The largest absolute Gasteiger partial charge is 0.103 e. The normalized spacial score (nSPS) is 37.0. The van der Waals surface area contributed by atoms with Crippen LogP contribution in [0.4, 0.5) is 0 Å². The van der Waals surface area contributed by atoms with E-state index in [2.05, 4.69) is 31.7 Å². The average molecular weight is 383 g/mol. The Hall–Kier alpha value is -0.780. The first-order valence-electron chi connectivity index (χ1n) is 12.7. The molecule has 3 aliphatic carbocycles. The van der Waals surface area contributed by atoms with Crippen molar-refractivity contribution in [3.8, 4) is 0 Å². The van der Waals surface area contributed by atoms with Crippen LogP contribution in [0, 0.1) is 35.5 Å². The zero-order chi connectivity index (χ0) is 19.8. The predicted molar refractivity (Wildman–Crippen MR) is 124 cm³/mol. The number of allylic oxidation sites excluding steroid dienone is 4. The third-order valence-corrected chi connectivity index (χ3v) is 8.60. The van der Waals surface area contributed by atoms with Crippen molar-refractivity contribution in [2.75, 3.05) is 0 Å². The first-order chi connectivity index (χ1) is 13.7. The summed E-state index contributed by atoms with van der Waals surface area (Å²) in [6.07, 6.45) is 28.3. The van der Waals surface area contributed by atoms with E-state index in [9.17, 15) is 0 Å². The molecule has 2 atom stereocenters. The smallest absolute Gasteiger partial charge is 0.0175 e. The Bertz CT molecular complexity index is 496. The van der Waals surface area contributed by atoms with Crippen LogP contribution in [-0.4, -0.2) is 0 Å². The molecule has 0 spiro atoms. The van der Waals surface area contributed by atoms with E-state index in [0.29, 0.717) is 0 Å². The van der Waals surface area contributed by atoms with Crippen molar-refractivity contribution in [1.82, 2.24) is 0 Å². The maximum absolute atomic E-state index is 4.69. The molecule has 158 valence electrons. The molecule has 0 saturated heterocycles. The third kappa shape index (κ3) is 6.11. The SMILES string of the molecule is C=CC1CCC(/C=C/CCC2CCCCC2C(=C)C2CCC(CC)CC2)CC1. The summed E-state index contributed by atoms with van der Waals surface area (Å²) in [6, 6.07) is 0. The summed E-state index contributed by atoms with van der Waals surface area (Å²) in [5, 5.41) is 0. The minimum absolute atomic E-state index is 0.783. The molecule has 0 N–H and O–H groups in total. The van der Waals surface area contributed by atoms with Gasteiger partial charge in [0.15, 0.2) is 0 Å². The van der Waals surface area contributed by atoms with Gasteiger partial charge in [0.05, 0.1) is 0 Å². The van der Waals surface area contributed by atoms with Crippen LogP contribution in [-0.2, 0) is 0 Å². The predicted octanol–water partition coefficient (Wildman–Crippen LogP) is 8.89. The fraction of sp³-hybridized carbons (Fsp3) is 0.786. The fourth-order valence-corrected chi connectivity index (χ4v) is 6.46.